The van der Waals surface area contributed by atoms with E-state index in [2.05, 4.69) is 5.32 Å². The Morgan fingerprint density at radius 1 is 1.35 bits per heavy atom. The fourth-order valence-corrected chi connectivity index (χ4v) is 2.17. The van der Waals surface area contributed by atoms with Gasteiger partial charge in [0.1, 0.15) is 5.75 Å². The summed E-state index contributed by atoms with van der Waals surface area (Å²) in [6.07, 6.45) is 0. The first-order valence-corrected chi connectivity index (χ1v) is 6.47. The normalized spacial score (nSPS) is 10.3. The van der Waals surface area contributed by atoms with Crippen LogP contribution in [0.3, 0.4) is 0 Å². The van der Waals surface area contributed by atoms with Crippen molar-refractivity contribution in [3.8, 4) is 5.75 Å². The summed E-state index contributed by atoms with van der Waals surface area (Å²) in [5.41, 5.74) is 8.04. The summed E-state index contributed by atoms with van der Waals surface area (Å²) in [6.45, 7) is 2.22. The highest BCUT2D eigenvalue weighted by atomic mass is 35.5. The standard InChI is InChI=1S/C15H15ClN2O2/c1-9-12(15(17)20)3-2-4-13(9)18-8-10-7-11(16)5-6-14(10)19/h2-7,18-19H,8H2,1H3,(H2,17,20). The highest BCUT2D eigenvalue weighted by Gasteiger charge is 2.09. The van der Waals surface area contributed by atoms with Crippen LogP contribution >= 0.6 is 11.6 Å². The molecule has 20 heavy (non-hydrogen) atoms. The van der Waals surface area contributed by atoms with Crippen LogP contribution in [-0.4, -0.2) is 11.0 Å². The summed E-state index contributed by atoms with van der Waals surface area (Å²) in [5.74, 6) is -0.289. The van der Waals surface area contributed by atoms with E-state index in [1.807, 2.05) is 13.0 Å². The number of hydrogen-bond acceptors (Lipinski definition) is 3. The largest absolute Gasteiger partial charge is 0.508 e. The molecule has 2 rings (SSSR count). The van der Waals surface area contributed by atoms with E-state index in [9.17, 15) is 9.90 Å². The van der Waals surface area contributed by atoms with Gasteiger partial charge in [-0.1, -0.05) is 17.7 Å². The van der Waals surface area contributed by atoms with Crippen molar-refractivity contribution in [1.29, 1.82) is 0 Å². The summed E-state index contributed by atoms with van der Waals surface area (Å²) in [4.78, 5) is 11.3. The van der Waals surface area contributed by atoms with Gasteiger partial charge in [0.05, 0.1) is 0 Å². The van der Waals surface area contributed by atoms with Crippen molar-refractivity contribution in [1.82, 2.24) is 0 Å². The minimum absolute atomic E-state index is 0.172. The van der Waals surface area contributed by atoms with Crippen molar-refractivity contribution in [2.75, 3.05) is 5.32 Å². The highest BCUT2D eigenvalue weighted by Crippen LogP contribution is 2.24. The third-order valence-electron chi connectivity index (χ3n) is 3.11. The van der Waals surface area contributed by atoms with E-state index in [1.165, 1.54) is 0 Å². The van der Waals surface area contributed by atoms with Gasteiger partial charge in [0.25, 0.3) is 0 Å². The second-order valence-electron chi connectivity index (χ2n) is 4.47. The fourth-order valence-electron chi connectivity index (χ4n) is 1.98. The number of phenolic OH excluding ortho intramolecular Hbond substituents is 1. The first-order valence-electron chi connectivity index (χ1n) is 6.09. The van der Waals surface area contributed by atoms with Gasteiger partial charge < -0.3 is 16.2 Å². The van der Waals surface area contributed by atoms with Gasteiger partial charge >= 0.3 is 0 Å². The number of carbonyl (C=O) groups is 1. The third-order valence-corrected chi connectivity index (χ3v) is 3.35. The number of primary amides is 1. The lowest BCUT2D eigenvalue weighted by molar-refractivity contribution is 0.1000. The Hall–Kier alpha value is -2.20. The number of rotatable bonds is 4. The van der Waals surface area contributed by atoms with Crippen molar-refractivity contribution in [3.05, 3.63) is 58.1 Å². The van der Waals surface area contributed by atoms with Crippen LogP contribution in [0.5, 0.6) is 5.75 Å². The number of nitrogens with two attached hydrogens (primary N) is 1. The zero-order valence-electron chi connectivity index (χ0n) is 11.0. The van der Waals surface area contributed by atoms with Gasteiger partial charge in [-0.05, 0) is 42.8 Å². The summed E-state index contributed by atoms with van der Waals surface area (Å²) in [6, 6.07) is 10.2. The quantitative estimate of drug-likeness (QED) is 0.810. The molecule has 104 valence electrons. The number of halogens is 1. The van der Waals surface area contributed by atoms with E-state index in [0.717, 1.165) is 11.3 Å². The van der Waals surface area contributed by atoms with Gasteiger partial charge in [0.2, 0.25) is 5.91 Å². The predicted octanol–water partition coefficient (Wildman–Crippen LogP) is 3.07. The van der Waals surface area contributed by atoms with E-state index in [1.54, 1.807) is 30.3 Å². The van der Waals surface area contributed by atoms with Crippen LogP contribution in [0.25, 0.3) is 0 Å². The third kappa shape index (κ3) is 3.03. The molecule has 0 aliphatic heterocycles. The number of nitrogens with one attached hydrogen (secondary N) is 1. The van der Waals surface area contributed by atoms with E-state index < -0.39 is 5.91 Å². The molecule has 0 atom stereocenters. The molecule has 0 saturated carbocycles. The van der Waals surface area contributed by atoms with E-state index in [4.69, 9.17) is 17.3 Å². The average Bonchev–Trinajstić information content (AvgIpc) is 2.41. The lowest BCUT2D eigenvalue weighted by atomic mass is 10.1. The average molecular weight is 291 g/mol. The van der Waals surface area contributed by atoms with Crippen molar-refractivity contribution >= 4 is 23.2 Å². The minimum atomic E-state index is -0.461. The monoisotopic (exact) mass is 290 g/mol. The summed E-state index contributed by atoms with van der Waals surface area (Å²) >= 11 is 5.90. The van der Waals surface area contributed by atoms with E-state index >= 15 is 0 Å². The molecule has 0 spiro atoms. The van der Waals surface area contributed by atoms with Crippen LogP contribution in [0.1, 0.15) is 21.5 Å². The lowest BCUT2D eigenvalue weighted by Crippen LogP contribution is -2.13. The summed E-state index contributed by atoms with van der Waals surface area (Å²) < 4.78 is 0. The zero-order valence-corrected chi connectivity index (χ0v) is 11.7. The Balaban J connectivity index is 2.21. The number of aromatic hydroxyl groups is 1. The number of anilines is 1. The smallest absolute Gasteiger partial charge is 0.249 e. The van der Waals surface area contributed by atoms with Crippen molar-refractivity contribution < 1.29 is 9.90 Å². The molecule has 4 N–H and O–H groups in total. The minimum Gasteiger partial charge on any atom is -0.508 e. The number of phenols is 1. The zero-order chi connectivity index (χ0) is 14.7. The maximum atomic E-state index is 11.3. The van der Waals surface area contributed by atoms with Crippen molar-refractivity contribution in [2.24, 2.45) is 5.73 Å². The summed E-state index contributed by atoms with van der Waals surface area (Å²) in [5, 5.41) is 13.5. The molecule has 4 nitrogen and oxygen atoms in total. The number of benzene rings is 2. The number of amides is 1. The molecule has 1 amide bonds. The molecular formula is C15H15ClN2O2. The van der Waals surface area contributed by atoms with Gasteiger partial charge in [-0.3, -0.25) is 4.79 Å². The maximum Gasteiger partial charge on any atom is 0.249 e. The molecule has 0 unspecified atom stereocenters. The van der Waals surface area contributed by atoms with Crippen LogP contribution in [-0.2, 0) is 6.54 Å². The Labute approximate surface area is 122 Å². The predicted molar refractivity (Wildman–Crippen MR) is 80.1 cm³/mol. The molecular weight excluding hydrogens is 276 g/mol. The highest BCUT2D eigenvalue weighted by molar-refractivity contribution is 6.30. The maximum absolute atomic E-state index is 11.3. The molecule has 0 radical (unpaired) electrons. The van der Waals surface area contributed by atoms with Crippen LogP contribution < -0.4 is 11.1 Å². The lowest BCUT2D eigenvalue weighted by Gasteiger charge is -2.12. The first kappa shape index (κ1) is 14.2. The van der Waals surface area contributed by atoms with Crippen molar-refractivity contribution in [3.63, 3.8) is 0 Å². The molecule has 0 aliphatic rings. The Kier molecular flexibility index (Phi) is 4.15. The van der Waals surface area contributed by atoms with Crippen LogP contribution in [0, 0.1) is 6.92 Å². The second-order valence-corrected chi connectivity index (χ2v) is 4.91. The molecule has 0 aromatic heterocycles. The van der Waals surface area contributed by atoms with Crippen LogP contribution in [0.4, 0.5) is 5.69 Å². The van der Waals surface area contributed by atoms with Crippen LogP contribution in [0.15, 0.2) is 36.4 Å². The number of hydrogen-bond donors (Lipinski definition) is 3. The molecule has 0 aliphatic carbocycles. The Morgan fingerprint density at radius 3 is 2.80 bits per heavy atom. The van der Waals surface area contributed by atoms with E-state index in [0.29, 0.717) is 22.7 Å². The van der Waals surface area contributed by atoms with Gasteiger partial charge in [-0.2, -0.15) is 0 Å². The SMILES string of the molecule is Cc1c(NCc2cc(Cl)ccc2O)cccc1C(N)=O. The molecule has 2 aromatic carbocycles. The molecule has 2 aromatic rings. The molecule has 5 heteroatoms. The molecule has 0 saturated heterocycles. The van der Waals surface area contributed by atoms with Crippen LogP contribution in [0.2, 0.25) is 5.02 Å². The molecule has 0 bridgehead atoms. The fraction of sp³-hybridized carbons (Fsp3) is 0.133. The second kappa shape index (κ2) is 5.84. The molecule has 0 fully saturated rings. The number of carbonyl (C=O) groups excluding carboxylic acids is 1. The molecule has 0 heterocycles. The first-order chi connectivity index (χ1) is 9.49. The summed E-state index contributed by atoms with van der Waals surface area (Å²) in [7, 11) is 0. The van der Waals surface area contributed by atoms with Gasteiger partial charge in [0.15, 0.2) is 0 Å². The van der Waals surface area contributed by atoms with Gasteiger partial charge in [-0.15, -0.1) is 0 Å². The Morgan fingerprint density at radius 2 is 2.10 bits per heavy atom. The van der Waals surface area contributed by atoms with Gasteiger partial charge in [0, 0.05) is 28.4 Å². The Bertz CT molecular complexity index is 656. The van der Waals surface area contributed by atoms with Gasteiger partial charge in [-0.25, -0.2) is 0 Å². The topological polar surface area (TPSA) is 75.3 Å². The van der Waals surface area contributed by atoms with Crippen molar-refractivity contribution in [2.45, 2.75) is 13.5 Å². The van der Waals surface area contributed by atoms with E-state index in [-0.39, 0.29) is 5.75 Å².